The van der Waals surface area contributed by atoms with Crippen LogP contribution in [-0.2, 0) is 13.5 Å². The molecule has 1 aliphatic carbocycles. The molecule has 0 N–H and O–H groups in total. The van der Waals surface area contributed by atoms with Crippen molar-refractivity contribution >= 4 is 10.8 Å². The SMILES string of the molecule is [2H]c1c(C)[n+](C)c(-c2cc(-c3cccnc3)ccc2C)c2ccc(CC3CCCC3)cc12. The predicted octanol–water partition coefficient (Wildman–Crippen LogP) is 6.74. The van der Waals surface area contributed by atoms with E-state index in [0.29, 0.717) is 6.04 Å². The van der Waals surface area contributed by atoms with E-state index >= 15 is 0 Å². The summed E-state index contributed by atoms with van der Waals surface area (Å²) in [6.45, 7) is 4.24. The Balaban J connectivity index is 1.68. The van der Waals surface area contributed by atoms with Gasteiger partial charge in [-0.05, 0) is 59.5 Å². The summed E-state index contributed by atoms with van der Waals surface area (Å²) in [5.41, 5.74) is 8.29. The highest BCUT2D eigenvalue weighted by Crippen LogP contribution is 2.34. The number of hydrogen-bond donors (Lipinski definition) is 0. The third kappa shape index (κ3) is 3.87. The van der Waals surface area contributed by atoms with Crippen molar-refractivity contribution < 1.29 is 5.94 Å². The van der Waals surface area contributed by atoms with Gasteiger partial charge in [0.05, 0.1) is 12.3 Å². The van der Waals surface area contributed by atoms with Crippen molar-refractivity contribution in [3.8, 4) is 22.4 Å². The van der Waals surface area contributed by atoms with Crippen LogP contribution in [0.1, 0.15) is 43.9 Å². The average molecular weight is 409 g/mol. The predicted molar refractivity (Wildman–Crippen MR) is 129 cm³/mol. The molecule has 0 bridgehead atoms. The Labute approximate surface area is 187 Å². The molecule has 0 spiro atoms. The summed E-state index contributed by atoms with van der Waals surface area (Å²) >= 11 is 0. The lowest BCUT2D eigenvalue weighted by Crippen LogP contribution is -2.35. The van der Waals surface area contributed by atoms with Crippen LogP contribution in [0.2, 0.25) is 0 Å². The molecule has 0 aliphatic heterocycles. The van der Waals surface area contributed by atoms with Crippen LogP contribution in [-0.4, -0.2) is 4.98 Å². The van der Waals surface area contributed by atoms with Gasteiger partial charge in [0.1, 0.15) is 7.05 Å². The number of pyridine rings is 2. The van der Waals surface area contributed by atoms with E-state index in [-0.39, 0.29) is 0 Å². The molecule has 0 amide bonds. The Morgan fingerprint density at radius 3 is 2.65 bits per heavy atom. The van der Waals surface area contributed by atoms with Gasteiger partial charge in [-0.2, -0.15) is 4.57 Å². The summed E-state index contributed by atoms with van der Waals surface area (Å²) in [6.07, 6.45) is 10.3. The molecule has 0 unspecified atom stereocenters. The Bertz CT molecular complexity index is 1290. The molecule has 31 heavy (non-hydrogen) atoms. The molecular weight excluding hydrogens is 376 g/mol. The van der Waals surface area contributed by atoms with Gasteiger partial charge in [0, 0.05) is 30.9 Å². The monoisotopic (exact) mass is 408 g/mol. The molecule has 0 saturated heterocycles. The lowest BCUT2D eigenvalue weighted by Gasteiger charge is -2.14. The van der Waals surface area contributed by atoms with Crippen LogP contribution < -0.4 is 4.57 Å². The number of benzene rings is 2. The molecule has 1 saturated carbocycles. The minimum atomic E-state index is 0.639. The van der Waals surface area contributed by atoms with Crippen molar-refractivity contribution in [1.82, 2.24) is 4.98 Å². The lowest BCUT2D eigenvalue weighted by molar-refractivity contribution is -0.665. The van der Waals surface area contributed by atoms with Gasteiger partial charge in [-0.3, -0.25) is 4.98 Å². The molecule has 2 heteroatoms. The van der Waals surface area contributed by atoms with Gasteiger partial charge in [-0.25, -0.2) is 0 Å². The molecule has 156 valence electrons. The molecule has 2 aromatic carbocycles. The first-order valence-corrected chi connectivity index (χ1v) is 11.5. The molecule has 1 aliphatic rings. The first-order chi connectivity index (χ1) is 15.5. The van der Waals surface area contributed by atoms with Gasteiger partial charge in [0.25, 0.3) is 0 Å². The number of nitrogens with zero attached hydrogens (tertiary/aromatic N) is 2. The molecule has 2 nitrogen and oxygen atoms in total. The smallest absolute Gasteiger partial charge is 0.220 e. The zero-order chi connectivity index (χ0) is 22.2. The Morgan fingerprint density at radius 2 is 1.87 bits per heavy atom. The van der Waals surface area contributed by atoms with Crippen LogP contribution in [0.15, 0.2) is 67.0 Å². The van der Waals surface area contributed by atoms with Crippen LogP contribution in [0.5, 0.6) is 0 Å². The Morgan fingerprint density at radius 1 is 1.03 bits per heavy atom. The third-order valence-corrected chi connectivity index (χ3v) is 6.98. The maximum absolute atomic E-state index is 8.87. The second-order valence-corrected chi connectivity index (χ2v) is 9.12. The van der Waals surface area contributed by atoms with Gasteiger partial charge in [-0.1, -0.05) is 56.0 Å². The van der Waals surface area contributed by atoms with Crippen molar-refractivity contribution in [2.45, 2.75) is 46.0 Å². The van der Waals surface area contributed by atoms with Crippen molar-refractivity contribution in [1.29, 1.82) is 0 Å². The molecule has 4 aromatic rings. The van der Waals surface area contributed by atoms with E-state index in [4.69, 9.17) is 1.37 Å². The number of rotatable bonds is 4. The van der Waals surface area contributed by atoms with Crippen LogP contribution in [0, 0.1) is 19.8 Å². The highest BCUT2D eigenvalue weighted by Gasteiger charge is 2.21. The van der Waals surface area contributed by atoms with Crippen molar-refractivity contribution in [3.63, 3.8) is 0 Å². The van der Waals surface area contributed by atoms with Crippen LogP contribution in [0.3, 0.4) is 0 Å². The topological polar surface area (TPSA) is 16.8 Å². The van der Waals surface area contributed by atoms with Gasteiger partial charge in [0.15, 0.2) is 5.69 Å². The summed E-state index contributed by atoms with van der Waals surface area (Å²) < 4.78 is 11.1. The number of fused-ring (bicyclic) bond motifs is 1. The van der Waals surface area contributed by atoms with Gasteiger partial charge < -0.3 is 0 Å². The normalized spacial score (nSPS) is 14.9. The zero-order valence-electron chi connectivity index (χ0n) is 19.8. The molecule has 0 atom stereocenters. The van der Waals surface area contributed by atoms with Gasteiger partial charge >= 0.3 is 0 Å². The zero-order valence-corrected chi connectivity index (χ0v) is 18.8. The van der Waals surface area contributed by atoms with Crippen molar-refractivity contribution in [2.75, 3.05) is 0 Å². The van der Waals surface area contributed by atoms with E-state index in [1.54, 1.807) is 0 Å². The maximum atomic E-state index is 8.87. The maximum Gasteiger partial charge on any atom is 0.220 e. The molecule has 1 fully saturated rings. The fraction of sp³-hybridized carbons (Fsp3) is 0.310. The van der Waals surface area contributed by atoms with Crippen molar-refractivity contribution in [2.24, 2.45) is 13.0 Å². The second-order valence-electron chi connectivity index (χ2n) is 9.12. The summed E-state index contributed by atoms with van der Waals surface area (Å²) in [4.78, 5) is 4.30. The first-order valence-electron chi connectivity index (χ1n) is 12.0. The summed E-state index contributed by atoms with van der Waals surface area (Å²) in [5, 5.41) is 2.22. The fourth-order valence-corrected chi connectivity index (χ4v) is 5.12. The summed E-state index contributed by atoms with van der Waals surface area (Å²) in [6, 6.07) is 18.2. The van der Waals surface area contributed by atoms with Crippen LogP contribution in [0.4, 0.5) is 0 Å². The Kier molecular flexibility index (Phi) is 5.00. The lowest BCUT2D eigenvalue weighted by atomic mass is 9.92. The van der Waals surface area contributed by atoms with E-state index in [0.717, 1.165) is 39.9 Å². The standard InChI is InChI=1S/C29H31N2/c1-20-10-12-24(25-9-6-14-30-19-25)18-28(20)29-27-13-11-23(16-22-7-4-5-8-22)17-26(27)15-21(2)31(29)3/h6,9-15,17-19,22H,4-5,7-8,16H2,1-3H3/q+1/i15D. The quantitative estimate of drug-likeness (QED) is 0.342. The minimum Gasteiger partial charge on any atom is -0.264 e. The van der Waals surface area contributed by atoms with E-state index in [1.165, 1.54) is 48.1 Å². The van der Waals surface area contributed by atoms with Crippen LogP contribution in [0.25, 0.3) is 33.2 Å². The summed E-state index contributed by atoms with van der Waals surface area (Å²) in [7, 11) is 2.09. The van der Waals surface area contributed by atoms with E-state index in [9.17, 15) is 0 Å². The van der Waals surface area contributed by atoms with E-state index < -0.39 is 0 Å². The molecule has 0 radical (unpaired) electrons. The average Bonchev–Trinajstić information content (AvgIpc) is 3.33. The highest BCUT2D eigenvalue weighted by atomic mass is 14.9. The minimum absolute atomic E-state index is 0.639. The number of aryl methyl sites for hydroxylation is 1. The van der Waals surface area contributed by atoms with E-state index in [1.807, 2.05) is 18.5 Å². The van der Waals surface area contributed by atoms with Gasteiger partial charge in [-0.15, -0.1) is 0 Å². The molecular formula is C29H31N2+. The van der Waals surface area contributed by atoms with Crippen LogP contribution >= 0.6 is 0 Å². The number of aromatic nitrogens is 2. The molecule has 2 aromatic heterocycles. The molecule has 2 heterocycles. The van der Waals surface area contributed by atoms with Crippen molar-refractivity contribution in [3.05, 3.63) is 83.8 Å². The third-order valence-electron chi connectivity index (χ3n) is 6.98. The number of hydrogen-bond acceptors (Lipinski definition) is 1. The Hall–Kier alpha value is -3.00. The molecule has 5 rings (SSSR count). The second kappa shape index (κ2) is 8.26. The van der Waals surface area contributed by atoms with Gasteiger partial charge in [0.2, 0.25) is 5.69 Å². The summed E-state index contributed by atoms with van der Waals surface area (Å²) in [5.74, 6) is 0.806. The first kappa shape index (κ1) is 18.7. The van der Waals surface area contributed by atoms with E-state index in [2.05, 4.69) is 72.9 Å². The largest absolute Gasteiger partial charge is 0.264 e. The highest BCUT2D eigenvalue weighted by molar-refractivity contribution is 5.95. The fourth-order valence-electron chi connectivity index (χ4n) is 5.12.